The van der Waals surface area contributed by atoms with Crippen LogP contribution in [0.1, 0.15) is 33.6 Å². The summed E-state index contributed by atoms with van der Waals surface area (Å²) in [6.07, 6.45) is 2.40. The van der Waals surface area contributed by atoms with E-state index in [1.54, 1.807) is 7.11 Å². The SMILES string of the molecule is COc1cccc(NC(C)CCC(C)C)n1. The van der Waals surface area contributed by atoms with Gasteiger partial charge in [0.25, 0.3) is 0 Å². The van der Waals surface area contributed by atoms with Crippen molar-refractivity contribution < 1.29 is 4.74 Å². The van der Waals surface area contributed by atoms with Crippen molar-refractivity contribution in [3.05, 3.63) is 18.2 Å². The maximum Gasteiger partial charge on any atom is 0.214 e. The van der Waals surface area contributed by atoms with E-state index in [0.29, 0.717) is 11.9 Å². The maximum absolute atomic E-state index is 5.08. The molecule has 3 nitrogen and oxygen atoms in total. The summed E-state index contributed by atoms with van der Waals surface area (Å²) in [4.78, 5) is 4.32. The van der Waals surface area contributed by atoms with Crippen molar-refractivity contribution in [1.29, 1.82) is 0 Å². The number of hydrogen-bond acceptors (Lipinski definition) is 3. The second-order valence-corrected chi connectivity index (χ2v) is 4.58. The Morgan fingerprint density at radius 2 is 2.00 bits per heavy atom. The van der Waals surface area contributed by atoms with Gasteiger partial charge in [-0.3, -0.25) is 0 Å². The lowest BCUT2D eigenvalue weighted by Gasteiger charge is -2.15. The number of aromatic nitrogens is 1. The van der Waals surface area contributed by atoms with Crippen LogP contribution in [-0.2, 0) is 0 Å². The largest absolute Gasteiger partial charge is 0.481 e. The van der Waals surface area contributed by atoms with Crippen LogP contribution in [0, 0.1) is 5.92 Å². The van der Waals surface area contributed by atoms with Gasteiger partial charge in [-0.1, -0.05) is 19.9 Å². The zero-order chi connectivity index (χ0) is 12.0. The van der Waals surface area contributed by atoms with E-state index in [1.807, 2.05) is 18.2 Å². The number of hydrogen-bond donors (Lipinski definition) is 1. The van der Waals surface area contributed by atoms with E-state index in [0.717, 1.165) is 18.2 Å². The van der Waals surface area contributed by atoms with E-state index in [9.17, 15) is 0 Å². The number of nitrogens with zero attached hydrogens (tertiary/aromatic N) is 1. The van der Waals surface area contributed by atoms with Crippen LogP contribution in [0.4, 0.5) is 5.82 Å². The lowest BCUT2D eigenvalue weighted by Crippen LogP contribution is -2.16. The molecule has 1 aromatic heterocycles. The zero-order valence-electron chi connectivity index (χ0n) is 10.7. The van der Waals surface area contributed by atoms with E-state index < -0.39 is 0 Å². The first kappa shape index (κ1) is 12.8. The van der Waals surface area contributed by atoms with Crippen LogP contribution in [0.15, 0.2) is 18.2 Å². The number of methoxy groups -OCH3 is 1. The van der Waals surface area contributed by atoms with Crippen molar-refractivity contribution in [2.24, 2.45) is 5.92 Å². The molecule has 1 atom stereocenters. The number of anilines is 1. The topological polar surface area (TPSA) is 34.1 Å². The van der Waals surface area contributed by atoms with E-state index in [1.165, 1.54) is 6.42 Å². The smallest absolute Gasteiger partial charge is 0.214 e. The molecular weight excluding hydrogens is 200 g/mol. The van der Waals surface area contributed by atoms with Crippen molar-refractivity contribution in [3.8, 4) is 5.88 Å². The minimum absolute atomic E-state index is 0.446. The van der Waals surface area contributed by atoms with Gasteiger partial charge in [-0.05, 0) is 31.7 Å². The van der Waals surface area contributed by atoms with E-state index >= 15 is 0 Å². The summed E-state index contributed by atoms with van der Waals surface area (Å²) in [6.45, 7) is 6.68. The van der Waals surface area contributed by atoms with Crippen LogP contribution in [0.25, 0.3) is 0 Å². The van der Waals surface area contributed by atoms with Gasteiger partial charge in [0.15, 0.2) is 0 Å². The minimum Gasteiger partial charge on any atom is -0.481 e. The number of pyridine rings is 1. The fourth-order valence-corrected chi connectivity index (χ4v) is 1.52. The molecule has 0 spiro atoms. The Labute approximate surface area is 98.2 Å². The van der Waals surface area contributed by atoms with Crippen LogP contribution in [0.2, 0.25) is 0 Å². The third-order valence-electron chi connectivity index (χ3n) is 2.50. The maximum atomic E-state index is 5.08. The Hall–Kier alpha value is -1.25. The van der Waals surface area contributed by atoms with Gasteiger partial charge in [-0.2, -0.15) is 4.98 Å². The Balaban J connectivity index is 2.45. The lowest BCUT2D eigenvalue weighted by atomic mass is 10.0. The molecule has 0 fully saturated rings. The monoisotopic (exact) mass is 222 g/mol. The van der Waals surface area contributed by atoms with Crippen molar-refractivity contribution in [1.82, 2.24) is 4.98 Å². The summed E-state index contributed by atoms with van der Waals surface area (Å²) in [6, 6.07) is 6.21. The van der Waals surface area contributed by atoms with Gasteiger partial charge in [-0.15, -0.1) is 0 Å². The Kier molecular flexibility index (Phi) is 5.09. The van der Waals surface area contributed by atoms with E-state index in [2.05, 4.69) is 31.1 Å². The quantitative estimate of drug-likeness (QED) is 0.801. The summed E-state index contributed by atoms with van der Waals surface area (Å²) in [5, 5.41) is 3.38. The molecule has 1 rings (SSSR count). The summed E-state index contributed by atoms with van der Waals surface area (Å²) >= 11 is 0. The van der Waals surface area contributed by atoms with Crippen LogP contribution in [0.3, 0.4) is 0 Å². The standard InChI is InChI=1S/C13H22N2O/c1-10(2)8-9-11(3)14-12-6-5-7-13(15-12)16-4/h5-7,10-11H,8-9H2,1-4H3,(H,14,15). The first-order chi connectivity index (χ1) is 7.61. The third-order valence-corrected chi connectivity index (χ3v) is 2.50. The molecule has 0 saturated heterocycles. The van der Waals surface area contributed by atoms with Crippen LogP contribution in [0.5, 0.6) is 5.88 Å². The molecule has 16 heavy (non-hydrogen) atoms. The van der Waals surface area contributed by atoms with Crippen LogP contribution >= 0.6 is 0 Å². The van der Waals surface area contributed by atoms with Crippen molar-refractivity contribution in [3.63, 3.8) is 0 Å². The highest BCUT2D eigenvalue weighted by molar-refractivity contribution is 5.37. The molecule has 1 aromatic rings. The summed E-state index contributed by atoms with van der Waals surface area (Å²) in [7, 11) is 1.63. The molecule has 1 unspecified atom stereocenters. The summed E-state index contributed by atoms with van der Waals surface area (Å²) in [5.74, 6) is 2.29. The molecule has 0 bridgehead atoms. The zero-order valence-corrected chi connectivity index (χ0v) is 10.7. The second-order valence-electron chi connectivity index (χ2n) is 4.58. The average Bonchev–Trinajstić information content (AvgIpc) is 2.26. The fourth-order valence-electron chi connectivity index (χ4n) is 1.52. The number of rotatable bonds is 6. The third kappa shape index (κ3) is 4.51. The molecule has 0 aliphatic rings. The van der Waals surface area contributed by atoms with E-state index in [4.69, 9.17) is 4.74 Å². The molecule has 90 valence electrons. The van der Waals surface area contributed by atoms with Crippen molar-refractivity contribution in [2.45, 2.75) is 39.7 Å². The minimum atomic E-state index is 0.446. The first-order valence-corrected chi connectivity index (χ1v) is 5.89. The first-order valence-electron chi connectivity index (χ1n) is 5.89. The summed E-state index contributed by atoms with van der Waals surface area (Å²) < 4.78 is 5.08. The molecular formula is C13H22N2O. The van der Waals surface area contributed by atoms with Crippen molar-refractivity contribution >= 4 is 5.82 Å². The van der Waals surface area contributed by atoms with E-state index in [-0.39, 0.29) is 0 Å². The van der Waals surface area contributed by atoms with Gasteiger partial charge in [0.2, 0.25) is 5.88 Å². The van der Waals surface area contributed by atoms with Gasteiger partial charge in [0.1, 0.15) is 5.82 Å². The second kappa shape index (κ2) is 6.36. The van der Waals surface area contributed by atoms with Gasteiger partial charge in [0.05, 0.1) is 7.11 Å². The molecule has 3 heteroatoms. The molecule has 0 aliphatic carbocycles. The fraction of sp³-hybridized carbons (Fsp3) is 0.615. The molecule has 1 heterocycles. The van der Waals surface area contributed by atoms with Crippen LogP contribution in [-0.4, -0.2) is 18.1 Å². The highest BCUT2D eigenvalue weighted by atomic mass is 16.5. The molecule has 0 aliphatic heterocycles. The molecule has 1 N–H and O–H groups in total. The molecule has 0 aromatic carbocycles. The highest BCUT2D eigenvalue weighted by Crippen LogP contribution is 2.14. The Morgan fingerprint density at radius 3 is 2.62 bits per heavy atom. The van der Waals surface area contributed by atoms with Gasteiger partial charge in [-0.25, -0.2) is 0 Å². The highest BCUT2D eigenvalue weighted by Gasteiger charge is 2.05. The predicted molar refractivity (Wildman–Crippen MR) is 67.9 cm³/mol. The molecule has 0 saturated carbocycles. The molecule has 0 amide bonds. The predicted octanol–water partition coefficient (Wildman–Crippen LogP) is 3.33. The van der Waals surface area contributed by atoms with Gasteiger partial charge >= 0.3 is 0 Å². The average molecular weight is 222 g/mol. The normalized spacial score (nSPS) is 12.6. The lowest BCUT2D eigenvalue weighted by molar-refractivity contribution is 0.398. The summed E-state index contributed by atoms with van der Waals surface area (Å²) in [5.41, 5.74) is 0. The Morgan fingerprint density at radius 1 is 1.25 bits per heavy atom. The number of ether oxygens (including phenoxy) is 1. The van der Waals surface area contributed by atoms with Gasteiger partial charge in [0, 0.05) is 12.1 Å². The van der Waals surface area contributed by atoms with Crippen molar-refractivity contribution in [2.75, 3.05) is 12.4 Å². The van der Waals surface area contributed by atoms with Gasteiger partial charge < -0.3 is 10.1 Å². The van der Waals surface area contributed by atoms with Crippen LogP contribution < -0.4 is 10.1 Å². The molecule has 0 radical (unpaired) electrons. The number of nitrogens with one attached hydrogen (secondary N) is 1. The Bertz CT molecular complexity index is 313.